The van der Waals surface area contributed by atoms with E-state index in [2.05, 4.69) is 4.72 Å². The topological polar surface area (TPSA) is 83.5 Å². The zero-order valence-corrected chi connectivity index (χ0v) is 12.1. The Labute approximate surface area is 113 Å². The van der Waals surface area contributed by atoms with Crippen molar-refractivity contribution in [3.63, 3.8) is 0 Å². The summed E-state index contributed by atoms with van der Waals surface area (Å²) in [6.45, 7) is 5.22. The number of hydrogen-bond acceptors (Lipinski definition) is 3. The molecular formula is C13H19NO4S. The van der Waals surface area contributed by atoms with Crippen LogP contribution in [-0.4, -0.2) is 26.0 Å². The maximum atomic E-state index is 12.1. The third-order valence-corrected chi connectivity index (χ3v) is 4.53. The van der Waals surface area contributed by atoms with Gasteiger partial charge in [0.25, 0.3) is 0 Å². The monoisotopic (exact) mass is 285 g/mol. The van der Waals surface area contributed by atoms with Gasteiger partial charge in [0.1, 0.15) is 0 Å². The third kappa shape index (κ3) is 4.33. The van der Waals surface area contributed by atoms with Crippen LogP contribution in [0.25, 0.3) is 0 Å². The first-order valence-corrected chi connectivity index (χ1v) is 7.52. The summed E-state index contributed by atoms with van der Waals surface area (Å²) in [5, 5.41) is 8.73. The predicted octanol–water partition coefficient (Wildman–Crippen LogP) is 1.69. The molecule has 1 aromatic rings. The van der Waals surface area contributed by atoms with Crippen LogP contribution >= 0.6 is 0 Å². The third-order valence-electron chi connectivity index (χ3n) is 2.92. The fraction of sp³-hybridized carbons (Fsp3) is 0.462. The van der Waals surface area contributed by atoms with Gasteiger partial charge in [0.05, 0.1) is 10.8 Å². The zero-order chi connectivity index (χ0) is 14.6. The van der Waals surface area contributed by atoms with E-state index in [0.29, 0.717) is 5.56 Å². The highest BCUT2D eigenvalue weighted by Crippen LogP contribution is 2.16. The summed E-state index contributed by atoms with van der Waals surface area (Å²) >= 11 is 0. The Morgan fingerprint density at radius 3 is 2.58 bits per heavy atom. The molecule has 1 atom stereocenters. The van der Waals surface area contributed by atoms with Crippen molar-refractivity contribution in [1.82, 2.24) is 4.72 Å². The fourth-order valence-corrected chi connectivity index (χ4v) is 2.98. The first kappa shape index (κ1) is 15.7. The molecule has 106 valence electrons. The van der Waals surface area contributed by atoms with Crippen molar-refractivity contribution in [2.24, 2.45) is 5.92 Å². The minimum atomic E-state index is -3.58. The van der Waals surface area contributed by atoms with Gasteiger partial charge in [-0.2, -0.15) is 0 Å². The van der Waals surface area contributed by atoms with Crippen LogP contribution in [0.3, 0.4) is 0 Å². The molecule has 6 heteroatoms. The lowest BCUT2D eigenvalue weighted by atomic mass is 10.1. The molecule has 0 radical (unpaired) electrons. The number of carboxylic acid groups (broad SMARTS) is 1. The molecular weight excluding hydrogens is 266 g/mol. The van der Waals surface area contributed by atoms with Crippen molar-refractivity contribution in [1.29, 1.82) is 0 Å². The number of nitrogens with one attached hydrogen (secondary N) is 1. The summed E-state index contributed by atoms with van der Waals surface area (Å²) in [6, 6.07) is 5.21. The van der Waals surface area contributed by atoms with Gasteiger partial charge in [0.15, 0.2) is 0 Å². The van der Waals surface area contributed by atoms with Gasteiger partial charge in [0.2, 0.25) is 10.0 Å². The van der Waals surface area contributed by atoms with Crippen molar-refractivity contribution in [3.05, 3.63) is 29.3 Å². The molecule has 1 unspecified atom stereocenters. The number of benzene rings is 1. The van der Waals surface area contributed by atoms with E-state index >= 15 is 0 Å². The number of hydrogen-bond donors (Lipinski definition) is 2. The number of rotatable bonds is 6. The summed E-state index contributed by atoms with van der Waals surface area (Å²) in [5.41, 5.74) is 1.54. The van der Waals surface area contributed by atoms with Gasteiger partial charge in [0, 0.05) is 6.54 Å². The van der Waals surface area contributed by atoms with Crippen molar-refractivity contribution in [2.45, 2.75) is 32.1 Å². The van der Waals surface area contributed by atoms with Crippen LogP contribution in [0.1, 0.15) is 24.5 Å². The molecule has 0 aromatic heterocycles. The van der Waals surface area contributed by atoms with Crippen LogP contribution in [0.15, 0.2) is 23.1 Å². The molecule has 19 heavy (non-hydrogen) atoms. The molecule has 0 fully saturated rings. The van der Waals surface area contributed by atoms with Crippen LogP contribution in [0.2, 0.25) is 0 Å². The van der Waals surface area contributed by atoms with Crippen molar-refractivity contribution < 1.29 is 18.3 Å². The van der Waals surface area contributed by atoms with Crippen LogP contribution in [0.5, 0.6) is 0 Å². The van der Waals surface area contributed by atoms with E-state index in [9.17, 15) is 13.2 Å². The van der Waals surface area contributed by atoms with E-state index in [1.807, 2.05) is 13.0 Å². The average Bonchev–Trinajstić information content (AvgIpc) is 2.31. The van der Waals surface area contributed by atoms with E-state index in [4.69, 9.17) is 5.11 Å². The van der Waals surface area contributed by atoms with Crippen molar-refractivity contribution in [3.8, 4) is 0 Å². The second-order valence-electron chi connectivity index (χ2n) is 4.69. The SMILES string of the molecule is Cc1ccc(C)c(S(=O)(=O)NCCC(C)C(=O)O)c1. The number of carbonyl (C=O) groups is 1. The Kier molecular flexibility index (Phi) is 5.08. The maximum absolute atomic E-state index is 12.1. The molecule has 0 bridgehead atoms. The summed E-state index contributed by atoms with van der Waals surface area (Å²) in [4.78, 5) is 10.9. The van der Waals surface area contributed by atoms with Crippen LogP contribution in [-0.2, 0) is 14.8 Å². The Morgan fingerprint density at radius 1 is 1.37 bits per heavy atom. The average molecular weight is 285 g/mol. The molecule has 0 amide bonds. The normalized spacial score (nSPS) is 13.2. The van der Waals surface area contributed by atoms with Crippen molar-refractivity contribution in [2.75, 3.05) is 6.54 Å². The number of aryl methyl sites for hydroxylation is 2. The quantitative estimate of drug-likeness (QED) is 0.833. The first-order valence-electron chi connectivity index (χ1n) is 6.04. The second kappa shape index (κ2) is 6.16. The highest BCUT2D eigenvalue weighted by Gasteiger charge is 2.18. The lowest BCUT2D eigenvalue weighted by Crippen LogP contribution is -2.27. The van der Waals surface area contributed by atoms with Gasteiger partial charge >= 0.3 is 5.97 Å². The van der Waals surface area contributed by atoms with Crippen LogP contribution < -0.4 is 4.72 Å². The number of aliphatic carboxylic acids is 1. The molecule has 0 aliphatic rings. The Bertz CT molecular complexity index is 566. The van der Waals surface area contributed by atoms with Crippen LogP contribution in [0, 0.1) is 19.8 Å². The fourth-order valence-electron chi connectivity index (χ4n) is 1.61. The largest absolute Gasteiger partial charge is 0.481 e. The molecule has 0 aliphatic carbocycles. The second-order valence-corrected chi connectivity index (χ2v) is 6.43. The maximum Gasteiger partial charge on any atom is 0.306 e. The number of carboxylic acids is 1. The lowest BCUT2D eigenvalue weighted by Gasteiger charge is -2.11. The number of sulfonamides is 1. The minimum Gasteiger partial charge on any atom is -0.481 e. The molecule has 0 saturated heterocycles. The molecule has 1 aromatic carbocycles. The Morgan fingerprint density at radius 2 is 2.00 bits per heavy atom. The van der Waals surface area contributed by atoms with E-state index < -0.39 is 21.9 Å². The highest BCUT2D eigenvalue weighted by molar-refractivity contribution is 7.89. The van der Waals surface area contributed by atoms with E-state index in [1.54, 1.807) is 26.0 Å². The molecule has 2 N–H and O–H groups in total. The summed E-state index contributed by atoms with van der Waals surface area (Å²) < 4.78 is 26.6. The van der Waals surface area contributed by atoms with Crippen LogP contribution in [0.4, 0.5) is 0 Å². The molecule has 1 rings (SSSR count). The first-order chi connectivity index (χ1) is 8.74. The molecule has 0 spiro atoms. The summed E-state index contributed by atoms with van der Waals surface area (Å²) in [6.07, 6.45) is 0.263. The molecule has 0 heterocycles. The lowest BCUT2D eigenvalue weighted by molar-refractivity contribution is -0.141. The van der Waals surface area contributed by atoms with Gasteiger partial charge < -0.3 is 5.11 Å². The van der Waals surface area contributed by atoms with Gasteiger partial charge in [-0.15, -0.1) is 0 Å². The minimum absolute atomic E-state index is 0.114. The van der Waals surface area contributed by atoms with E-state index in [1.165, 1.54) is 0 Å². The zero-order valence-electron chi connectivity index (χ0n) is 11.3. The Hall–Kier alpha value is -1.40. The van der Waals surface area contributed by atoms with Gasteiger partial charge in [-0.1, -0.05) is 19.1 Å². The van der Waals surface area contributed by atoms with E-state index in [0.717, 1.165) is 5.56 Å². The van der Waals surface area contributed by atoms with Gasteiger partial charge in [-0.05, 0) is 37.5 Å². The molecule has 0 saturated carbocycles. The summed E-state index contributed by atoms with van der Waals surface area (Å²) in [5.74, 6) is -1.49. The Balaban J connectivity index is 2.76. The molecule has 0 aliphatic heterocycles. The van der Waals surface area contributed by atoms with Gasteiger partial charge in [-0.3, -0.25) is 4.79 Å². The highest BCUT2D eigenvalue weighted by atomic mass is 32.2. The van der Waals surface area contributed by atoms with E-state index in [-0.39, 0.29) is 17.9 Å². The van der Waals surface area contributed by atoms with Crippen molar-refractivity contribution >= 4 is 16.0 Å². The molecule has 5 nitrogen and oxygen atoms in total. The standard InChI is InChI=1S/C13H19NO4S/c1-9-4-5-10(2)12(8-9)19(17,18)14-7-6-11(3)13(15)16/h4-5,8,11,14H,6-7H2,1-3H3,(H,15,16). The predicted molar refractivity (Wildman–Crippen MR) is 72.5 cm³/mol. The summed E-state index contributed by atoms with van der Waals surface area (Å²) in [7, 11) is -3.58. The smallest absolute Gasteiger partial charge is 0.306 e. The van der Waals surface area contributed by atoms with Gasteiger partial charge in [-0.25, -0.2) is 13.1 Å².